The van der Waals surface area contributed by atoms with Crippen LogP contribution in [0.4, 0.5) is 0 Å². The predicted molar refractivity (Wildman–Crippen MR) is 37.3 cm³/mol. The molecule has 0 aromatic heterocycles. The average Bonchev–Trinajstić information content (AvgIpc) is 1.82. The van der Waals surface area contributed by atoms with E-state index in [1.807, 2.05) is 0 Å². The van der Waals surface area contributed by atoms with E-state index in [0.717, 1.165) is 0 Å². The lowest BCUT2D eigenvalue weighted by molar-refractivity contribution is -0.139. The van der Waals surface area contributed by atoms with Crippen LogP contribution in [0, 0.1) is 0 Å². The lowest BCUT2D eigenvalue weighted by Crippen LogP contribution is -2.30. The van der Waals surface area contributed by atoms with Crippen LogP contribution >= 0.6 is 0 Å². The molecule has 2 N–H and O–H groups in total. The van der Waals surface area contributed by atoms with E-state index in [2.05, 4.69) is 0 Å². The largest absolute Gasteiger partial charge is 0.463 e. The van der Waals surface area contributed by atoms with Crippen molar-refractivity contribution in [3.63, 3.8) is 0 Å². The van der Waals surface area contributed by atoms with Crippen molar-refractivity contribution in [2.24, 2.45) is 5.73 Å². The number of nitrogens with two attached hydrogens (primary N) is 1. The summed E-state index contributed by atoms with van der Waals surface area (Å²) in [6.07, 6.45) is 2.40. The first-order valence-corrected chi connectivity index (χ1v) is 3.37. The third-order valence-corrected chi connectivity index (χ3v) is 1.41. The van der Waals surface area contributed by atoms with Gasteiger partial charge in [-0.25, -0.2) is 4.79 Å². The Morgan fingerprint density at radius 1 is 2.00 bits per heavy atom. The Balaban J connectivity index is 2.37. The number of ether oxygens (including phenoxy) is 1. The maximum atomic E-state index is 10.8. The van der Waals surface area contributed by atoms with Crippen molar-refractivity contribution in [3.05, 3.63) is 11.6 Å². The number of rotatable bonds is 2. The highest BCUT2D eigenvalue weighted by molar-refractivity contribution is 5.90. The standard InChI is InChI=1S/C7H11NO2/c1-2-10-7(9)5-3-6(8)4-5/h3,6H,2,4,8H2,1H3. The van der Waals surface area contributed by atoms with Crippen LogP contribution in [-0.4, -0.2) is 18.6 Å². The van der Waals surface area contributed by atoms with Crippen molar-refractivity contribution in [3.8, 4) is 0 Å². The fraction of sp³-hybridized carbons (Fsp3) is 0.571. The van der Waals surface area contributed by atoms with Crippen LogP contribution in [0.2, 0.25) is 0 Å². The zero-order valence-electron chi connectivity index (χ0n) is 5.96. The molecule has 0 radical (unpaired) electrons. The Morgan fingerprint density at radius 2 is 2.60 bits per heavy atom. The van der Waals surface area contributed by atoms with E-state index in [4.69, 9.17) is 10.5 Å². The van der Waals surface area contributed by atoms with Crippen LogP contribution in [0.1, 0.15) is 13.3 Å². The molecule has 0 bridgehead atoms. The normalized spacial score (nSPS) is 23.0. The first kappa shape index (κ1) is 7.28. The number of hydrogen-bond donors (Lipinski definition) is 1. The van der Waals surface area contributed by atoms with Gasteiger partial charge in [0.15, 0.2) is 0 Å². The highest BCUT2D eigenvalue weighted by atomic mass is 16.5. The van der Waals surface area contributed by atoms with Crippen molar-refractivity contribution in [2.45, 2.75) is 19.4 Å². The zero-order chi connectivity index (χ0) is 7.56. The molecule has 1 aliphatic carbocycles. The van der Waals surface area contributed by atoms with Crippen LogP contribution in [-0.2, 0) is 9.53 Å². The molecule has 0 spiro atoms. The van der Waals surface area contributed by atoms with E-state index < -0.39 is 0 Å². The second-order valence-corrected chi connectivity index (χ2v) is 2.28. The molecule has 56 valence electrons. The van der Waals surface area contributed by atoms with Gasteiger partial charge in [0, 0.05) is 11.6 Å². The summed E-state index contributed by atoms with van der Waals surface area (Å²) in [7, 11) is 0. The summed E-state index contributed by atoms with van der Waals surface area (Å²) in [5, 5.41) is 0. The molecule has 3 heteroatoms. The highest BCUT2D eigenvalue weighted by Crippen LogP contribution is 2.17. The van der Waals surface area contributed by atoms with Crippen LogP contribution in [0.3, 0.4) is 0 Å². The fourth-order valence-electron chi connectivity index (χ4n) is 0.854. The average molecular weight is 141 g/mol. The molecule has 1 aliphatic rings. The minimum Gasteiger partial charge on any atom is -0.463 e. The minimum absolute atomic E-state index is 0.0689. The summed E-state index contributed by atoms with van der Waals surface area (Å²) in [5.41, 5.74) is 6.14. The summed E-state index contributed by atoms with van der Waals surface area (Å²) in [6, 6.07) is 0.0689. The predicted octanol–water partition coefficient (Wildman–Crippen LogP) is 0.207. The monoisotopic (exact) mass is 141 g/mol. The van der Waals surface area contributed by atoms with Gasteiger partial charge >= 0.3 is 5.97 Å². The molecular formula is C7H11NO2. The molecule has 1 atom stereocenters. The second kappa shape index (κ2) is 2.84. The van der Waals surface area contributed by atoms with Gasteiger partial charge in [-0.15, -0.1) is 0 Å². The summed E-state index contributed by atoms with van der Waals surface area (Å²) in [4.78, 5) is 10.8. The third-order valence-electron chi connectivity index (χ3n) is 1.41. The molecule has 0 aromatic rings. The molecular weight excluding hydrogens is 130 g/mol. The number of carbonyl (C=O) groups excluding carboxylic acids is 1. The number of carbonyl (C=O) groups is 1. The maximum absolute atomic E-state index is 10.8. The van der Waals surface area contributed by atoms with E-state index in [0.29, 0.717) is 18.6 Å². The van der Waals surface area contributed by atoms with E-state index in [1.54, 1.807) is 13.0 Å². The van der Waals surface area contributed by atoms with E-state index in [-0.39, 0.29) is 12.0 Å². The molecule has 0 aromatic carbocycles. The summed E-state index contributed by atoms with van der Waals surface area (Å²) >= 11 is 0. The molecule has 3 nitrogen and oxygen atoms in total. The fourth-order valence-corrected chi connectivity index (χ4v) is 0.854. The Kier molecular flexibility index (Phi) is 2.06. The molecule has 0 saturated carbocycles. The Bertz CT molecular complexity index is 174. The van der Waals surface area contributed by atoms with Gasteiger partial charge in [0.2, 0.25) is 0 Å². The molecule has 0 fully saturated rings. The molecule has 0 aliphatic heterocycles. The van der Waals surface area contributed by atoms with Gasteiger partial charge in [0.05, 0.1) is 6.61 Å². The van der Waals surface area contributed by atoms with E-state index in [1.165, 1.54) is 0 Å². The lowest BCUT2D eigenvalue weighted by atomic mass is 9.94. The Hall–Kier alpha value is -0.830. The smallest absolute Gasteiger partial charge is 0.333 e. The van der Waals surface area contributed by atoms with Gasteiger partial charge in [-0.1, -0.05) is 6.08 Å². The molecule has 0 heterocycles. The third kappa shape index (κ3) is 1.36. The Labute approximate surface area is 59.8 Å². The SMILES string of the molecule is CCOC(=O)C1=CC(N)C1. The van der Waals surface area contributed by atoms with Crippen molar-refractivity contribution < 1.29 is 9.53 Å². The van der Waals surface area contributed by atoms with Gasteiger partial charge in [-0.05, 0) is 13.3 Å². The van der Waals surface area contributed by atoms with Crippen LogP contribution < -0.4 is 5.73 Å². The quantitative estimate of drug-likeness (QED) is 0.559. The molecule has 0 amide bonds. The van der Waals surface area contributed by atoms with Gasteiger partial charge in [-0.3, -0.25) is 0 Å². The van der Waals surface area contributed by atoms with Crippen molar-refractivity contribution in [2.75, 3.05) is 6.61 Å². The topological polar surface area (TPSA) is 52.3 Å². The molecule has 0 saturated heterocycles. The zero-order valence-corrected chi connectivity index (χ0v) is 5.96. The summed E-state index contributed by atoms with van der Waals surface area (Å²) in [6.45, 7) is 2.22. The minimum atomic E-state index is -0.218. The number of esters is 1. The molecule has 1 unspecified atom stereocenters. The van der Waals surface area contributed by atoms with Crippen molar-refractivity contribution in [1.82, 2.24) is 0 Å². The van der Waals surface area contributed by atoms with Gasteiger partial charge in [0.1, 0.15) is 0 Å². The Morgan fingerprint density at radius 3 is 3.00 bits per heavy atom. The van der Waals surface area contributed by atoms with Crippen LogP contribution in [0.5, 0.6) is 0 Å². The summed E-state index contributed by atoms with van der Waals surface area (Å²) < 4.78 is 4.73. The first-order valence-electron chi connectivity index (χ1n) is 3.37. The van der Waals surface area contributed by atoms with Crippen molar-refractivity contribution in [1.29, 1.82) is 0 Å². The highest BCUT2D eigenvalue weighted by Gasteiger charge is 2.21. The van der Waals surface area contributed by atoms with Gasteiger partial charge in [0.25, 0.3) is 0 Å². The van der Waals surface area contributed by atoms with Gasteiger partial charge in [-0.2, -0.15) is 0 Å². The summed E-state index contributed by atoms with van der Waals surface area (Å²) in [5.74, 6) is -0.218. The number of hydrogen-bond acceptors (Lipinski definition) is 3. The molecule has 10 heavy (non-hydrogen) atoms. The maximum Gasteiger partial charge on any atom is 0.333 e. The van der Waals surface area contributed by atoms with Crippen LogP contribution in [0.15, 0.2) is 11.6 Å². The van der Waals surface area contributed by atoms with E-state index in [9.17, 15) is 4.79 Å². The molecule has 1 rings (SSSR count). The lowest BCUT2D eigenvalue weighted by Gasteiger charge is -2.19. The first-order chi connectivity index (χ1) is 4.74. The second-order valence-electron chi connectivity index (χ2n) is 2.28. The van der Waals surface area contributed by atoms with E-state index >= 15 is 0 Å². The van der Waals surface area contributed by atoms with Gasteiger partial charge < -0.3 is 10.5 Å². The van der Waals surface area contributed by atoms with Crippen molar-refractivity contribution >= 4 is 5.97 Å². The van der Waals surface area contributed by atoms with Crippen LogP contribution in [0.25, 0.3) is 0 Å².